The number of Topliss-reactive ketones (excluding diaryl/α,β-unsaturated/α-hetero) is 4. The first-order valence-corrected chi connectivity index (χ1v) is 55.3. The third-order valence-corrected chi connectivity index (χ3v) is 32.8. The number of hydrogen-bond acceptors (Lipinski definition) is 23. The minimum atomic E-state index is -0.799. The van der Waals surface area contributed by atoms with Crippen LogP contribution in [0.15, 0.2) is 161 Å². The molecule has 5 fully saturated rings. The number of carbonyl (C=O) groups is 12. The summed E-state index contributed by atoms with van der Waals surface area (Å²) in [5.74, 6) is -1.61. The molecule has 6 aliphatic heterocycles. The van der Waals surface area contributed by atoms with Crippen LogP contribution in [0.3, 0.4) is 0 Å². The number of rotatable bonds is 32. The van der Waals surface area contributed by atoms with Gasteiger partial charge in [0.2, 0.25) is 35.4 Å². The Labute approximate surface area is 890 Å². The standard InChI is InChI=1S/C31H35N3O5S.C31H43N3O4S.C28H39N3O4S.C26H29BrN2O4/c1-18(2)28(34-15-22-6-5-7-26(39-4)27(22)30(34)37)31(38)33-16-23(35)14-24(33)25(36)13-10-20-8-11-21(12-9-20)29-19(3)32-17-40-29;1-20-28(39-19-32-20)23-13-10-21(11-14-23)12-15-26(36)25-17-24(35)18-34(25)30(38)29(31(2,3)4)33-27(37)16-22-8-6-5-7-9-22;1-17-23(36-16-29-17)19-11-8-18(9-12-19)10-13-22(33)21-14-20(32)15-31(21)25(34)24(27(2,3)4)30-26(35)28(5,6)7;1-16(2)24(29-14-18-5-3-4-6-21(18)25(29)32)26(33)28-15-20(30)13-22(28)23(31)12-9-17-7-10-19(27)11-8-17/h5-9,11-12,17-18,23-24,28,35H,10,13-16H2,1-4H3;10-11,13-14,19,22,24-25,29,35H,5-9,12,15-18H2,1-4H3,(H,33,37);8-9,11-12,16,20-21,24,32H,10,13-15H2,1-7H3,(H,30,35);3-8,10-11,16,20,22,24,30H,9,12-15H2,1-2H3/t23-,24+,28+;24-,25+,29-;20-,21+,24-;20-,22+,24+/m1111/s1. The van der Waals surface area contributed by atoms with E-state index in [1.165, 1.54) is 33.1 Å². The molecule has 0 spiro atoms. The topological polar surface area (TPSA) is 377 Å². The number of nitrogens with zero attached hydrogens (tertiary/aromatic N) is 9. The molecule has 6 aromatic carbocycles. The lowest BCUT2D eigenvalue weighted by atomic mass is 9.84. The second-order valence-electron chi connectivity index (χ2n) is 44.5. The van der Waals surface area contributed by atoms with Crippen LogP contribution < -0.4 is 15.4 Å². The summed E-state index contributed by atoms with van der Waals surface area (Å²) in [5, 5.41) is 47.5. The number of aliphatic hydroxyl groups is 4. The van der Waals surface area contributed by atoms with Gasteiger partial charge in [0.15, 0.2) is 23.1 Å². The van der Waals surface area contributed by atoms with Gasteiger partial charge in [0.05, 0.1) is 110 Å². The van der Waals surface area contributed by atoms with Gasteiger partial charge in [0, 0.05) is 113 Å². The van der Waals surface area contributed by atoms with Gasteiger partial charge in [-0.15, -0.1) is 34.0 Å². The van der Waals surface area contributed by atoms with Gasteiger partial charge < -0.3 is 65.2 Å². The van der Waals surface area contributed by atoms with E-state index in [-0.39, 0.29) is 153 Å². The zero-order valence-corrected chi connectivity index (χ0v) is 92.4. The van der Waals surface area contributed by atoms with E-state index in [0.29, 0.717) is 74.4 Å². The average Bonchev–Trinajstić information content (AvgIpc) is 1.62. The molecule has 9 heterocycles. The van der Waals surface area contributed by atoms with Crippen LogP contribution in [0, 0.1) is 54.8 Å². The van der Waals surface area contributed by atoms with Crippen LogP contribution >= 0.6 is 49.9 Å². The van der Waals surface area contributed by atoms with Crippen LogP contribution in [0.1, 0.15) is 251 Å². The van der Waals surface area contributed by atoms with E-state index < -0.39 is 89.0 Å². The van der Waals surface area contributed by atoms with E-state index in [9.17, 15) is 78.0 Å². The monoisotopic (exact) mass is 2140 g/mol. The van der Waals surface area contributed by atoms with E-state index in [4.69, 9.17) is 4.74 Å². The first kappa shape index (κ1) is 114. The van der Waals surface area contributed by atoms with Gasteiger partial charge in [-0.3, -0.25) is 57.5 Å². The van der Waals surface area contributed by atoms with Gasteiger partial charge in [-0.05, 0) is 162 Å². The number of carbonyl (C=O) groups excluding carboxylic acids is 12. The van der Waals surface area contributed by atoms with E-state index in [2.05, 4.69) is 53.6 Å². The van der Waals surface area contributed by atoms with Gasteiger partial charge in [-0.25, -0.2) is 15.0 Å². The molecule has 1 saturated carbocycles. The lowest BCUT2D eigenvalue weighted by molar-refractivity contribution is -0.144. The van der Waals surface area contributed by atoms with E-state index in [1.807, 2.05) is 222 Å². The highest BCUT2D eigenvalue weighted by molar-refractivity contribution is 9.10. The van der Waals surface area contributed by atoms with Gasteiger partial charge >= 0.3 is 0 Å². The Hall–Kier alpha value is -11.2. The summed E-state index contributed by atoms with van der Waals surface area (Å²) in [6, 6.07) is 39.4. The van der Waals surface area contributed by atoms with Crippen LogP contribution in [0.4, 0.5) is 0 Å². The van der Waals surface area contributed by atoms with Gasteiger partial charge in [-0.2, -0.15) is 0 Å². The summed E-state index contributed by atoms with van der Waals surface area (Å²) >= 11 is 8.22. The second-order valence-corrected chi connectivity index (χ2v) is 47.9. The van der Waals surface area contributed by atoms with Crippen molar-refractivity contribution in [3.8, 4) is 37.1 Å². The van der Waals surface area contributed by atoms with Crippen LogP contribution in [0.25, 0.3) is 31.3 Å². The van der Waals surface area contributed by atoms with Gasteiger partial charge in [0.25, 0.3) is 11.8 Å². The minimum Gasteiger partial charge on any atom is -0.496 e. The predicted octanol–water partition coefficient (Wildman–Crippen LogP) is 17.1. The van der Waals surface area contributed by atoms with Crippen molar-refractivity contribution in [3.63, 3.8) is 0 Å². The number of benzene rings is 6. The Bertz CT molecular complexity index is 6190. The number of aromatic nitrogens is 3. The predicted molar refractivity (Wildman–Crippen MR) is 579 cm³/mol. The van der Waals surface area contributed by atoms with Crippen molar-refractivity contribution < 1.29 is 82.7 Å². The number of ketones is 4. The summed E-state index contributed by atoms with van der Waals surface area (Å²) in [5.41, 5.74) is 17.1. The number of aliphatic hydroxyl groups excluding tert-OH is 4. The number of hydrogen-bond donors (Lipinski definition) is 6. The maximum absolute atomic E-state index is 14.0. The molecular formula is C116H146BrN11O17S3. The van der Waals surface area contributed by atoms with Crippen molar-refractivity contribution >= 4 is 120 Å². The van der Waals surface area contributed by atoms with E-state index >= 15 is 0 Å². The number of halogens is 1. The maximum atomic E-state index is 14.0. The Morgan fingerprint density at radius 2 is 0.770 bits per heavy atom. The Morgan fingerprint density at radius 1 is 0.432 bits per heavy atom. The van der Waals surface area contributed by atoms with Crippen molar-refractivity contribution in [2.75, 3.05) is 33.3 Å². The number of ether oxygens (including phenoxy) is 1. The number of fused-ring (bicyclic) bond motifs is 2. The molecule has 7 aliphatic rings. The van der Waals surface area contributed by atoms with Crippen molar-refractivity contribution in [2.24, 2.45) is 34.0 Å². The van der Waals surface area contributed by atoms with Crippen LogP contribution in [0.5, 0.6) is 5.75 Å². The number of thiazole rings is 3. The molecule has 12 atom stereocenters. The molecule has 1 aliphatic carbocycles. The highest BCUT2D eigenvalue weighted by atomic mass is 79.9. The minimum absolute atomic E-state index is 0.0523. The van der Waals surface area contributed by atoms with E-state index in [0.717, 1.165) is 112 Å². The van der Waals surface area contributed by atoms with Crippen LogP contribution in [-0.4, -0.2) is 241 Å². The quantitative estimate of drug-likeness (QED) is 0.0228. The fourth-order valence-electron chi connectivity index (χ4n) is 21.0. The third-order valence-electron chi connectivity index (χ3n) is 29.3. The number of likely N-dealkylation sites (tertiary alicyclic amines) is 4. The number of nitrogens with one attached hydrogen (secondary N) is 2. The molecule has 4 saturated heterocycles. The highest BCUT2D eigenvalue weighted by Crippen LogP contribution is 2.41. The smallest absolute Gasteiger partial charge is 0.258 e. The zero-order chi connectivity index (χ0) is 107. The zero-order valence-electron chi connectivity index (χ0n) is 88.4. The molecule has 3 aromatic heterocycles. The van der Waals surface area contributed by atoms with E-state index in [1.54, 1.807) is 76.7 Å². The number of β-amino-alcohol motifs (C(OH)–C–C–N with tert-alkyl or cyclic N) is 4. The summed E-state index contributed by atoms with van der Waals surface area (Å²) in [4.78, 5) is 186. The summed E-state index contributed by atoms with van der Waals surface area (Å²) < 4.78 is 6.39. The summed E-state index contributed by atoms with van der Waals surface area (Å²) in [7, 11) is 1.52. The molecule has 16 rings (SSSR count). The molecule has 0 radical (unpaired) electrons. The molecule has 9 aromatic rings. The maximum Gasteiger partial charge on any atom is 0.258 e. The first-order valence-electron chi connectivity index (χ1n) is 51.9. The fraction of sp³-hybridized carbons (Fsp3) is 0.509. The number of amides is 8. The summed E-state index contributed by atoms with van der Waals surface area (Å²) in [6.45, 7) is 31.5. The SMILES string of the molecule is CC(C)[C@@H](C(=O)N1C[C@H](O)C[C@H]1C(=O)CCc1ccc(Br)cc1)N1Cc2ccccc2C1=O.COc1cccc2c1C(=O)N([C@H](C(=O)N1C[C@H](O)C[C@H]1C(=O)CCc1ccc(-c3scnc3C)cc1)C(C)C)C2.Cc1ncsc1-c1ccc(CCC(=O)[C@@H]2C[C@@H](O)CN2C(=O)[C@@H](NC(=O)C(C)(C)C)C(C)(C)C)cc1.Cc1ncsc1-c1ccc(CCC(=O)[C@@H]2C[C@@H](O)CN2C(=O)[C@@H](NC(=O)CC2CCCCC2)C(C)(C)C)cc1. The third kappa shape index (κ3) is 28.3. The Kier molecular flexibility index (Phi) is 38.6. The van der Waals surface area contributed by atoms with Gasteiger partial charge in [0.1, 0.15) is 29.9 Å². The largest absolute Gasteiger partial charge is 0.496 e. The van der Waals surface area contributed by atoms with Crippen LogP contribution in [0.2, 0.25) is 0 Å². The lowest BCUT2D eigenvalue weighted by Gasteiger charge is -2.36. The fourth-order valence-corrected chi connectivity index (χ4v) is 23.7. The molecule has 148 heavy (non-hydrogen) atoms. The molecule has 28 nitrogen and oxygen atoms in total. The van der Waals surface area contributed by atoms with Crippen LogP contribution in [-0.2, 0) is 86.7 Å². The molecule has 6 N–H and O–H groups in total. The lowest BCUT2D eigenvalue weighted by Crippen LogP contribution is -2.58. The molecule has 8 amide bonds. The summed E-state index contributed by atoms with van der Waals surface area (Å²) in [6.07, 6.45) is 7.34. The number of aryl methyl sites for hydroxylation is 7. The normalized spacial score (nSPS) is 20.1. The Balaban J connectivity index is 0.000000165. The van der Waals surface area contributed by atoms with Gasteiger partial charge in [-0.1, -0.05) is 240 Å². The van der Waals surface area contributed by atoms with Crippen molar-refractivity contribution in [2.45, 2.75) is 312 Å². The molecule has 0 unspecified atom stereocenters. The Morgan fingerprint density at radius 3 is 1.11 bits per heavy atom. The van der Waals surface area contributed by atoms with Crippen molar-refractivity contribution in [1.82, 2.24) is 55.0 Å². The molecule has 0 bridgehead atoms. The molecule has 792 valence electrons. The van der Waals surface area contributed by atoms with Crippen molar-refractivity contribution in [3.05, 3.63) is 222 Å². The highest BCUT2D eigenvalue weighted by Gasteiger charge is 2.51. The average molecular weight is 2140 g/mol. The van der Waals surface area contributed by atoms with Crippen molar-refractivity contribution in [1.29, 1.82) is 0 Å². The number of methoxy groups -OCH3 is 1. The molecular weight excluding hydrogens is 2000 g/mol. The second kappa shape index (κ2) is 50.1. The first-order chi connectivity index (χ1) is 70.1. The molecule has 32 heteroatoms.